The number of rotatable bonds is 6. The van der Waals surface area contributed by atoms with Crippen molar-refractivity contribution in [1.82, 2.24) is 0 Å². The van der Waals surface area contributed by atoms with Crippen LogP contribution in [0, 0.1) is 10.1 Å². The van der Waals surface area contributed by atoms with Gasteiger partial charge in [0.2, 0.25) is 0 Å². The number of esters is 1. The standard InChI is InChI=1S/C11H11NO5S/c1-2-17-11(14)7-8(13)3-4-9-5-6-10(18-9)12(15)16/h3-6H,2,7H2,1H3. The average molecular weight is 269 g/mol. The van der Waals surface area contributed by atoms with Gasteiger partial charge >= 0.3 is 11.0 Å². The Morgan fingerprint density at radius 2 is 2.22 bits per heavy atom. The van der Waals surface area contributed by atoms with Gasteiger partial charge in [0.15, 0.2) is 5.78 Å². The van der Waals surface area contributed by atoms with Gasteiger partial charge in [-0.05, 0) is 25.1 Å². The van der Waals surface area contributed by atoms with E-state index in [9.17, 15) is 19.7 Å². The third kappa shape index (κ3) is 4.46. The number of hydrogen-bond donors (Lipinski definition) is 0. The number of carbonyl (C=O) groups excluding carboxylic acids is 2. The first-order chi connectivity index (χ1) is 8.52. The molecule has 0 aromatic carbocycles. The Hall–Kier alpha value is -2.02. The van der Waals surface area contributed by atoms with E-state index in [0.29, 0.717) is 4.88 Å². The largest absolute Gasteiger partial charge is 0.466 e. The van der Waals surface area contributed by atoms with Crippen LogP contribution in [0.2, 0.25) is 0 Å². The first kappa shape index (κ1) is 14.0. The predicted octanol–water partition coefficient (Wildman–Crippen LogP) is 2.19. The van der Waals surface area contributed by atoms with Crippen molar-refractivity contribution < 1.29 is 19.2 Å². The molecule has 7 heteroatoms. The number of nitrogens with zero attached hydrogens (tertiary/aromatic N) is 1. The van der Waals surface area contributed by atoms with Crippen LogP contribution in [-0.4, -0.2) is 23.3 Å². The van der Waals surface area contributed by atoms with Crippen LogP contribution in [0.25, 0.3) is 6.08 Å². The van der Waals surface area contributed by atoms with Crippen molar-refractivity contribution in [3.8, 4) is 0 Å². The van der Waals surface area contributed by atoms with Crippen molar-refractivity contribution in [1.29, 1.82) is 0 Å². The molecule has 0 unspecified atom stereocenters. The molecule has 1 heterocycles. The van der Waals surface area contributed by atoms with Gasteiger partial charge in [-0.3, -0.25) is 19.7 Å². The highest BCUT2D eigenvalue weighted by molar-refractivity contribution is 7.16. The molecule has 0 radical (unpaired) electrons. The number of ketones is 1. The summed E-state index contributed by atoms with van der Waals surface area (Å²) in [6, 6.07) is 2.90. The van der Waals surface area contributed by atoms with Gasteiger partial charge in [0.25, 0.3) is 0 Å². The van der Waals surface area contributed by atoms with E-state index < -0.39 is 16.7 Å². The fourth-order valence-electron chi connectivity index (χ4n) is 1.12. The molecule has 18 heavy (non-hydrogen) atoms. The molecule has 0 aliphatic heterocycles. The monoisotopic (exact) mass is 269 g/mol. The molecule has 0 saturated heterocycles. The second kappa shape index (κ2) is 6.65. The maximum absolute atomic E-state index is 11.3. The molecule has 0 aliphatic rings. The Kier molecular flexibility index (Phi) is 5.19. The van der Waals surface area contributed by atoms with Crippen molar-refractivity contribution in [2.24, 2.45) is 0 Å². The second-order valence-electron chi connectivity index (χ2n) is 3.21. The van der Waals surface area contributed by atoms with Crippen LogP contribution < -0.4 is 0 Å². The average Bonchev–Trinajstić information content (AvgIpc) is 2.75. The SMILES string of the molecule is CCOC(=O)CC(=O)C=Cc1ccc([N+](=O)[O-])s1. The van der Waals surface area contributed by atoms with Crippen LogP contribution in [0.5, 0.6) is 0 Å². The van der Waals surface area contributed by atoms with Gasteiger partial charge in [0.05, 0.1) is 11.5 Å². The number of nitro groups is 1. The molecule has 6 nitrogen and oxygen atoms in total. The molecule has 0 atom stereocenters. The Morgan fingerprint density at radius 1 is 1.50 bits per heavy atom. The van der Waals surface area contributed by atoms with E-state index in [1.807, 2.05) is 0 Å². The predicted molar refractivity (Wildman–Crippen MR) is 66.3 cm³/mol. The van der Waals surface area contributed by atoms with Crippen LogP contribution in [0.15, 0.2) is 18.2 Å². The lowest BCUT2D eigenvalue weighted by Gasteiger charge is -1.97. The first-order valence-electron chi connectivity index (χ1n) is 5.13. The summed E-state index contributed by atoms with van der Waals surface area (Å²) in [6.45, 7) is 1.88. The number of thiophene rings is 1. The van der Waals surface area contributed by atoms with Crippen molar-refractivity contribution in [2.45, 2.75) is 13.3 Å². The molecular weight excluding hydrogens is 258 g/mol. The Labute approximate surface area is 107 Å². The van der Waals surface area contributed by atoms with Crippen LogP contribution >= 0.6 is 11.3 Å². The Balaban J connectivity index is 2.55. The fraction of sp³-hybridized carbons (Fsp3) is 0.273. The Morgan fingerprint density at radius 3 is 2.78 bits per heavy atom. The summed E-state index contributed by atoms with van der Waals surface area (Å²) >= 11 is 0.958. The molecule has 0 spiro atoms. The van der Waals surface area contributed by atoms with Crippen molar-refractivity contribution in [3.63, 3.8) is 0 Å². The third-order valence-corrected chi connectivity index (χ3v) is 2.85. The van der Waals surface area contributed by atoms with Gasteiger partial charge in [-0.15, -0.1) is 0 Å². The molecule has 0 fully saturated rings. The van der Waals surface area contributed by atoms with Gasteiger partial charge in [-0.2, -0.15) is 0 Å². The maximum atomic E-state index is 11.3. The van der Waals surface area contributed by atoms with Crippen LogP contribution in [0.1, 0.15) is 18.2 Å². The van der Waals surface area contributed by atoms with Crippen LogP contribution in [0.4, 0.5) is 5.00 Å². The summed E-state index contributed by atoms with van der Waals surface area (Å²) in [5, 5.41) is 10.4. The quantitative estimate of drug-likeness (QED) is 0.260. The molecule has 96 valence electrons. The molecule has 1 aromatic heterocycles. The Bertz CT molecular complexity index is 491. The molecule has 0 bridgehead atoms. The molecule has 1 rings (SSSR count). The fourth-order valence-corrected chi connectivity index (χ4v) is 1.84. The van der Waals surface area contributed by atoms with Crippen molar-refractivity contribution in [3.05, 3.63) is 33.2 Å². The topological polar surface area (TPSA) is 86.5 Å². The van der Waals surface area contributed by atoms with E-state index >= 15 is 0 Å². The van der Waals surface area contributed by atoms with Gasteiger partial charge in [0.1, 0.15) is 6.42 Å². The van der Waals surface area contributed by atoms with Gasteiger partial charge in [-0.25, -0.2) is 0 Å². The van der Waals surface area contributed by atoms with E-state index in [-0.39, 0.29) is 18.0 Å². The number of allylic oxidation sites excluding steroid dienone is 1. The maximum Gasteiger partial charge on any atom is 0.324 e. The zero-order valence-electron chi connectivity index (χ0n) is 9.62. The van der Waals surface area contributed by atoms with Crippen LogP contribution in [-0.2, 0) is 14.3 Å². The van der Waals surface area contributed by atoms with E-state index in [1.165, 1.54) is 24.3 Å². The van der Waals surface area contributed by atoms with Gasteiger partial charge in [0, 0.05) is 10.9 Å². The van der Waals surface area contributed by atoms with Gasteiger partial charge < -0.3 is 4.74 Å². The van der Waals surface area contributed by atoms with E-state index in [4.69, 9.17) is 0 Å². The summed E-state index contributed by atoms with van der Waals surface area (Å²) in [6.07, 6.45) is 2.34. The first-order valence-corrected chi connectivity index (χ1v) is 5.95. The molecular formula is C11H11NO5S. The lowest BCUT2D eigenvalue weighted by atomic mass is 10.2. The second-order valence-corrected chi connectivity index (χ2v) is 4.31. The zero-order valence-corrected chi connectivity index (χ0v) is 10.4. The highest BCUT2D eigenvalue weighted by Crippen LogP contribution is 2.24. The smallest absolute Gasteiger partial charge is 0.324 e. The lowest BCUT2D eigenvalue weighted by molar-refractivity contribution is -0.380. The molecule has 0 N–H and O–H groups in total. The minimum absolute atomic E-state index is 0.00694. The molecule has 0 amide bonds. The normalized spacial score (nSPS) is 10.5. The number of ether oxygens (including phenoxy) is 1. The van der Waals surface area contributed by atoms with E-state index in [1.54, 1.807) is 6.92 Å². The summed E-state index contributed by atoms with van der Waals surface area (Å²) in [4.78, 5) is 32.8. The summed E-state index contributed by atoms with van der Waals surface area (Å²) in [7, 11) is 0. The number of carbonyl (C=O) groups is 2. The van der Waals surface area contributed by atoms with Crippen molar-refractivity contribution >= 4 is 34.2 Å². The minimum atomic E-state index is -0.579. The third-order valence-electron chi connectivity index (χ3n) is 1.85. The van der Waals surface area contributed by atoms with Gasteiger partial charge in [-0.1, -0.05) is 11.3 Å². The molecule has 0 saturated carbocycles. The molecule has 0 aliphatic carbocycles. The summed E-state index contributed by atoms with van der Waals surface area (Å²) in [5.74, 6) is -0.978. The van der Waals surface area contributed by atoms with Crippen LogP contribution in [0.3, 0.4) is 0 Å². The molecule has 1 aromatic rings. The summed E-state index contributed by atoms with van der Waals surface area (Å²) in [5.41, 5.74) is 0. The lowest BCUT2D eigenvalue weighted by Crippen LogP contribution is -2.08. The highest BCUT2D eigenvalue weighted by Gasteiger charge is 2.09. The summed E-state index contributed by atoms with van der Waals surface area (Å²) < 4.78 is 4.62. The number of hydrogen-bond acceptors (Lipinski definition) is 6. The minimum Gasteiger partial charge on any atom is -0.466 e. The highest BCUT2D eigenvalue weighted by atomic mass is 32.1. The zero-order chi connectivity index (χ0) is 13.5. The van der Waals surface area contributed by atoms with E-state index in [2.05, 4.69) is 4.74 Å². The van der Waals surface area contributed by atoms with E-state index in [0.717, 1.165) is 11.3 Å². The van der Waals surface area contributed by atoms with Crippen molar-refractivity contribution in [2.75, 3.05) is 6.61 Å².